The second-order valence-corrected chi connectivity index (χ2v) is 5.32. The first-order chi connectivity index (χ1) is 8.23. The molecule has 0 saturated heterocycles. The third-order valence-corrected chi connectivity index (χ3v) is 3.03. The van der Waals surface area contributed by atoms with Crippen molar-refractivity contribution in [2.24, 2.45) is 5.14 Å². The monoisotopic (exact) mass is 277 g/mol. The number of primary sulfonamides is 1. The van der Waals surface area contributed by atoms with Crippen molar-refractivity contribution >= 4 is 10.0 Å². The number of sulfonamides is 1. The highest BCUT2D eigenvalue weighted by Gasteiger charge is 2.21. The van der Waals surface area contributed by atoms with Crippen LogP contribution in [-0.2, 0) is 10.0 Å². The SMILES string of the molecule is C=C(C)CCOc1ccc(S(N)(=O)=O)c(F)c1F. The van der Waals surface area contributed by atoms with Crippen LogP contribution in [0.1, 0.15) is 13.3 Å². The van der Waals surface area contributed by atoms with Crippen molar-refractivity contribution in [1.82, 2.24) is 0 Å². The number of hydrogen-bond donors (Lipinski definition) is 1. The van der Waals surface area contributed by atoms with E-state index in [1.165, 1.54) is 0 Å². The van der Waals surface area contributed by atoms with Crippen LogP contribution in [0.4, 0.5) is 8.78 Å². The summed E-state index contributed by atoms with van der Waals surface area (Å²) in [6, 6.07) is 1.89. The second kappa shape index (κ2) is 5.45. The molecule has 0 aliphatic heterocycles. The van der Waals surface area contributed by atoms with E-state index in [1.54, 1.807) is 6.92 Å². The fourth-order valence-electron chi connectivity index (χ4n) is 1.18. The lowest BCUT2D eigenvalue weighted by molar-refractivity contribution is 0.297. The summed E-state index contributed by atoms with van der Waals surface area (Å²) in [5.41, 5.74) is 0.831. The van der Waals surface area contributed by atoms with Crippen molar-refractivity contribution in [1.29, 1.82) is 0 Å². The minimum atomic E-state index is -4.29. The topological polar surface area (TPSA) is 69.4 Å². The molecule has 0 radical (unpaired) electrons. The van der Waals surface area contributed by atoms with E-state index in [9.17, 15) is 17.2 Å². The van der Waals surface area contributed by atoms with Gasteiger partial charge in [-0.15, -0.1) is 6.58 Å². The second-order valence-electron chi connectivity index (χ2n) is 3.79. The van der Waals surface area contributed by atoms with Crippen molar-refractivity contribution in [3.8, 4) is 5.75 Å². The Kier molecular flexibility index (Phi) is 4.42. The summed E-state index contributed by atoms with van der Waals surface area (Å²) in [6.07, 6.45) is 0.484. The van der Waals surface area contributed by atoms with Crippen LogP contribution in [0, 0.1) is 11.6 Å². The molecule has 0 unspecified atom stereocenters. The number of rotatable bonds is 5. The minimum Gasteiger partial charge on any atom is -0.490 e. The van der Waals surface area contributed by atoms with Gasteiger partial charge in [0, 0.05) is 6.42 Å². The average molecular weight is 277 g/mol. The van der Waals surface area contributed by atoms with Crippen molar-refractivity contribution in [2.75, 3.05) is 6.61 Å². The summed E-state index contributed by atoms with van der Waals surface area (Å²) in [5, 5.41) is 4.73. The molecule has 0 aliphatic rings. The van der Waals surface area contributed by atoms with E-state index >= 15 is 0 Å². The normalized spacial score (nSPS) is 11.3. The van der Waals surface area contributed by atoms with Crippen LogP contribution < -0.4 is 9.88 Å². The number of hydrogen-bond acceptors (Lipinski definition) is 3. The van der Waals surface area contributed by atoms with Gasteiger partial charge in [0.25, 0.3) is 0 Å². The van der Waals surface area contributed by atoms with E-state index in [0.29, 0.717) is 6.42 Å². The molecular formula is C11H13F2NO3S. The third-order valence-electron chi connectivity index (χ3n) is 2.10. The van der Waals surface area contributed by atoms with E-state index in [1.807, 2.05) is 0 Å². The zero-order valence-electron chi connectivity index (χ0n) is 9.74. The van der Waals surface area contributed by atoms with Crippen molar-refractivity contribution in [3.05, 3.63) is 35.9 Å². The number of ether oxygens (including phenoxy) is 1. The van der Waals surface area contributed by atoms with Gasteiger partial charge in [0.15, 0.2) is 11.6 Å². The Morgan fingerprint density at radius 1 is 1.39 bits per heavy atom. The summed E-state index contributed by atoms with van der Waals surface area (Å²) >= 11 is 0. The Bertz CT molecular complexity index is 570. The van der Waals surface area contributed by atoms with Crippen LogP contribution in [0.2, 0.25) is 0 Å². The molecule has 1 aromatic rings. The lowest BCUT2D eigenvalue weighted by Crippen LogP contribution is -2.15. The Balaban J connectivity index is 2.98. The van der Waals surface area contributed by atoms with Gasteiger partial charge in [0.05, 0.1) is 6.61 Å². The van der Waals surface area contributed by atoms with Crippen LogP contribution in [0.15, 0.2) is 29.2 Å². The average Bonchev–Trinajstić information content (AvgIpc) is 2.22. The first-order valence-electron chi connectivity index (χ1n) is 5.01. The van der Waals surface area contributed by atoms with E-state index < -0.39 is 26.6 Å². The molecule has 2 N–H and O–H groups in total. The van der Waals surface area contributed by atoms with E-state index in [0.717, 1.165) is 17.7 Å². The van der Waals surface area contributed by atoms with Crippen molar-refractivity contribution < 1.29 is 21.9 Å². The maximum absolute atomic E-state index is 13.5. The number of benzene rings is 1. The quantitative estimate of drug-likeness (QED) is 0.836. The van der Waals surface area contributed by atoms with Crippen LogP contribution in [0.25, 0.3) is 0 Å². The molecule has 0 aromatic heterocycles. The fraction of sp³-hybridized carbons (Fsp3) is 0.273. The smallest absolute Gasteiger partial charge is 0.241 e. The molecule has 0 saturated carbocycles. The van der Waals surface area contributed by atoms with Crippen LogP contribution in [0.5, 0.6) is 5.75 Å². The third kappa shape index (κ3) is 3.51. The Labute approximate surface area is 104 Å². The zero-order valence-corrected chi connectivity index (χ0v) is 10.6. The van der Waals surface area contributed by atoms with Crippen LogP contribution in [0.3, 0.4) is 0 Å². The van der Waals surface area contributed by atoms with Gasteiger partial charge < -0.3 is 4.74 Å². The number of nitrogens with two attached hydrogens (primary N) is 1. The molecule has 1 rings (SSSR count). The summed E-state index contributed by atoms with van der Waals surface area (Å²) < 4.78 is 53.7. The molecule has 100 valence electrons. The molecule has 1 aromatic carbocycles. The Morgan fingerprint density at radius 3 is 2.50 bits per heavy atom. The maximum atomic E-state index is 13.5. The number of halogens is 2. The van der Waals surface area contributed by atoms with Gasteiger partial charge in [0.1, 0.15) is 4.90 Å². The highest BCUT2D eigenvalue weighted by Crippen LogP contribution is 2.25. The van der Waals surface area contributed by atoms with Gasteiger partial charge in [0.2, 0.25) is 15.8 Å². The predicted molar refractivity (Wildman–Crippen MR) is 62.7 cm³/mol. The predicted octanol–water partition coefficient (Wildman–Crippen LogP) is 1.96. The molecular weight excluding hydrogens is 264 g/mol. The Morgan fingerprint density at radius 2 is 2.00 bits per heavy atom. The van der Waals surface area contributed by atoms with Crippen molar-refractivity contribution in [3.63, 3.8) is 0 Å². The van der Waals surface area contributed by atoms with Gasteiger partial charge in [-0.2, -0.15) is 4.39 Å². The first kappa shape index (κ1) is 14.6. The zero-order chi connectivity index (χ0) is 13.9. The molecule has 0 atom stereocenters. The minimum absolute atomic E-state index is 0.125. The van der Waals surface area contributed by atoms with Gasteiger partial charge >= 0.3 is 0 Å². The molecule has 0 heterocycles. The summed E-state index contributed by atoms with van der Waals surface area (Å²) in [4.78, 5) is -0.896. The van der Waals surface area contributed by atoms with Crippen LogP contribution >= 0.6 is 0 Å². The van der Waals surface area contributed by atoms with Crippen molar-refractivity contribution in [2.45, 2.75) is 18.2 Å². The largest absolute Gasteiger partial charge is 0.490 e. The molecule has 7 heteroatoms. The molecule has 4 nitrogen and oxygen atoms in total. The fourth-order valence-corrected chi connectivity index (χ4v) is 1.78. The molecule has 0 spiro atoms. The lowest BCUT2D eigenvalue weighted by atomic mass is 10.2. The highest BCUT2D eigenvalue weighted by atomic mass is 32.2. The van der Waals surface area contributed by atoms with E-state index in [4.69, 9.17) is 9.88 Å². The first-order valence-corrected chi connectivity index (χ1v) is 6.56. The van der Waals surface area contributed by atoms with Gasteiger partial charge in [-0.1, -0.05) is 5.57 Å². The summed E-state index contributed by atoms with van der Waals surface area (Å²) in [6.45, 7) is 5.52. The molecule has 0 amide bonds. The standard InChI is InChI=1S/C11H13F2NO3S/c1-7(2)5-6-17-8-3-4-9(18(14,15)16)11(13)10(8)12/h3-4H,1,5-6H2,2H3,(H2,14,15,16). The van der Waals surface area contributed by atoms with Gasteiger partial charge in [-0.25, -0.2) is 17.9 Å². The van der Waals surface area contributed by atoms with Gasteiger partial charge in [-0.05, 0) is 19.1 Å². The van der Waals surface area contributed by atoms with Crippen LogP contribution in [-0.4, -0.2) is 15.0 Å². The lowest BCUT2D eigenvalue weighted by Gasteiger charge is -2.09. The maximum Gasteiger partial charge on any atom is 0.241 e. The highest BCUT2D eigenvalue weighted by molar-refractivity contribution is 7.89. The molecule has 0 aliphatic carbocycles. The summed E-state index contributed by atoms with van der Waals surface area (Å²) in [5.74, 6) is -3.27. The van der Waals surface area contributed by atoms with E-state index in [2.05, 4.69) is 6.58 Å². The summed E-state index contributed by atoms with van der Waals surface area (Å²) in [7, 11) is -4.29. The van der Waals surface area contributed by atoms with Gasteiger partial charge in [-0.3, -0.25) is 0 Å². The van der Waals surface area contributed by atoms with E-state index in [-0.39, 0.29) is 12.4 Å². The Hall–Kier alpha value is -1.47. The molecule has 0 bridgehead atoms. The molecule has 0 fully saturated rings. The molecule has 18 heavy (non-hydrogen) atoms.